The molecule has 4 aromatic rings. The van der Waals surface area contributed by atoms with Gasteiger partial charge in [0.25, 0.3) is 5.56 Å². The number of hydrogen-bond donors (Lipinski definition) is 0. The van der Waals surface area contributed by atoms with Crippen molar-refractivity contribution >= 4 is 48.6 Å². The predicted octanol–water partition coefficient (Wildman–Crippen LogP) is 6.00. The van der Waals surface area contributed by atoms with Crippen LogP contribution < -0.4 is 19.8 Å². The van der Waals surface area contributed by atoms with Crippen LogP contribution in [0.1, 0.15) is 10.5 Å². The standard InChI is InChI=1S/C26H21Br2NO6/c1-32-20-12-16-17(13-21(20)33-2)25(30)29(15-8-6-5-7-9-15)23(26(31)35-4)22(16)14-10-18(27)24(34-3)19(28)11-14/h5-13H,1-4H3. The Morgan fingerprint density at radius 2 is 1.37 bits per heavy atom. The predicted molar refractivity (Wildman–Crippen MR) is 141 cm³/mol. The number of hydrogen-bond acceptors (Lipinski definition) is 6. The number of nitrogens with zero attached hydrogens (tertiary/aromatic N) is 1. The van der Waals surface area contributed by atoms with Gasteiger partial charge in [-0.2, -0.15) is 0 Å². The van der Waals surface area contributed by atoms with Crippen LogP contribution in [0.2, 0.25) is 0 Å². The molecule has 180 valence electrons. The molecule has 0 fully saturated rings. The normalized spacial score (nSPS) is 10.8. The Balaban J connectivity index is 2.29. The van der Waals surface area contributed by atoms with Crippen LogP contribution in [0.5, 0.6) is 17.2 Å². The Kier molecular flexibility index (Phi) is 7.18. The van der Waals surface area contributed by atoms with E-state index in [4.69, 9.17) is 18.9 Å². The van der Waals surface area contributed by atoms with Gasteiger partial charge in [-0.3, -0.25) is 9.36 Å². The number of pyridine rings is 1. The molecule has 0 radical (unpaired) electrons. The number of para-hydroxylation sites is 1. The molecule has 0 aliphatic heterocycles. The van der Waals surface area contributed by atoms with Crippen LogP contribution in [-0.4, -0.2) is 39.0 Å². The van der Waals surface area contributed by atoms with Crippen molar-refractivity contribution in [2.24, 2.45) is 0 Å². The van der Waals surface area contributed by atoms with Crippen molar-refractivity contribution in [3.05, 3.63) is 79.6 Å². The van der Waals surface area contributed by atoms with Gasteiger partial charge >= 0.3 is 5.97 Å². The maximum Gasteiger partial charge on any atom is 0.355 e. The Labute approximate surface area is 218 Å². The van der Waals surface area contributed by atoms with Gasteiger partial charge in [0.2, 0.25) is 0 Å². The molecule has 0 amide bonds. The van der Waals surface area contributed by atoms with E-state index in [2.05, 4.69) is 31.9 Å². The first kappa shape index (κ1) is 24.8. The van der Waals surface area contributed by atoms with Crippen molar-refractivity contribution < 1.29 is 23.7 Å². The van der Waals surface area contributed by atoms with E-state index in [0.717, 1.165) is 0 Å². The second kappa shape index (κ2) is 10.1. The van der Waals surface area contributed by atoms with Gasteiger partial charge in [0.1, 0.15) is 11.4 Å². The summed E-state index contributed by atoms with van der Waals surface area (Å²) >= 11 is 7.09. The maximum absolute atomic E-state index is 13.9. The maximum atomic E-state index is 13.9. The van der Waals surface area contributed by atoms with Crippen molar-refractivity contribution in [2.75, 3.05) is 28.4 Å². The molecule has 1 heterocycles. The van der Waals surface area contributed by atoms with Gasteiger partial charge in [-0.25, -0.2) is 4.79 Å². The number of halogens is 2. The number of carbonyl (C=O) groups is 1. The summed E-state index contributed by atoms with van der Waals surface area (Å²) in [5.74, 6) is 0.736. The van der Waals surface area contributed by atoms with Crippen LogP contribution in [0.4, 0.5) is 0 Å². The van der Waals surface area contributed by atoms with Crippen LogP contribution in [-0.2, 0) is 4.74 Å². The zero-order valence-corrected chi connectivity index (χ0v) is 22.5. The first-order chi connectivity index (χ1) is 16.9. The van der Waals surface area contributed by atoms with E-state index in [1.165, 1.54) is 25.9 Å². The summed E-state index contributed by atoms with van der Waals surface area (Å²) in [5, 5.41) is 0.849. The zero-order chi connectivity index (χ0) is 25.3. The van der Waals surface area contributed by atoms with Crippen LogP contribution in [0.25, 0.3) is 27.6 Å². The molecular formula is C26H21Br2NO6. The average molecular weight is 603 g/mol. The van der Waals surface area contributed by atoms with E-state index < -0.39 is 11.5 Å². The molecular weight excluding hydrogens is 582 g/mol. The number of benzene rings is 3. The third-order valence-corrected chi connectivity index (χ3v) is 6.75. The molecule has 3 aromatic carbocycles. The van der Waals surface area contributed by atoms with Crippen LogP contribution in [0.15, 0.2) is 68.3 Å². The van der Waals surface area contributed by atoms with E-state index in [1.54, 1.807) is 43.5 Å². The molecule has 0 bridgehead atoms. The van der Waals surface area contributed by atoms with E-state index in [-0.39, 0.29) is 5.69 Å². The molecule has 1 aromatic heterocycles. The van der Waals surface area contributed by atoms with Crippen molar-refractivity contribution in [2.45, 2.75) is 0 Å². The second-order valence-electron chi connectivity index (χ2n) is 7.42. The summed E-state index contributed by atoms with van der Waals surface area (Å²) in [6.45, 7) is 0. The largest absolute Gasteiger partial charge is 0.494 e. The first-order valence-corrected chi connectivity index (χ1v) is 12.0. The third-order valence-electron chi connectivity index (χ3n) is 5.57. The Bertz CT molecular complexity index is 1470. The second-order valence-corrected chi connectivity index (χ2v) is 9.13. The van der Waals surface area contributed by atoms with Crippen LogP contribution in [0.3, 0.4) is 0 Å². The first-order valence-electron chi connectivity index (χ1n) is 10.4. The molecule has 4 rings (SSSR count). The number of esters is 1. The van der Waals surface area contributed by atoms with Crippen molar-refractivity contribution in [1.29, 1.82) is 0 Å². The van der Waals surface area contributed by atoms with E-state index in [1.807, 2.05) is 18.2 Å². The van der Waals surface area contributed by atoms with Gasteiger partial charge in [-0.1, -0.05) is 18.2 Å². The fourth-order valence-electron chi connectivity index (χ4n) is 4.03. The molecule has 9 heteroatoms. The van der Waals surface area contributed by atoms with Gasteiger partial charge in [0, 0.05) is 16.6 Å². The lowest BCUT2D eigenvalue weighted by molar-refractivity contribution is 0.0591. The summed E-state index contributed by atoms with van der Waals surface area (Å²) in [7, 11) is 5.86. The summed E-state index contributed by atoms with van der Waals surface area (Å²) < 4.78 is 24.3. The van der Waals surface area contributed by atoms with Gasteiger partial charge in [0.05, 0.1) is 42.8 Å². The van der Waals surface area contributed by atoms with E-state index >= 15 is 0 Å². The number of fused-ring (bicyclic) bond motifs is 1. The van der Waals surface area contributed by atoms with Crippen molar-refractivity contribution in [3.63, 3.8) is 0 Å². The van der Waals surface area contributed by atoms with Gasteiger partial charge in [-0.05, 0) is 73.8 Å². The molecule has 7 nitrogen and oxygen atoms in total. The number of aromatic nitrogens is 1. The number of ether oxygens (including phenoxy) is 4. The molecule has 0 unspecified atom stereocenters. The van der Waals surface area contributed by atoms with Crippen molar-refractivity contribution in [1.82, 2.24) is 4.57 Å². The minimum absolute atomic E-state index is 0.0763. The van der Waals surface area contributed by atoms with Gasteiger partial charge in [0.15, 0.2) is 11.5 Å². The molecule has 0 saturated heterocycles. The molecule has 35 heavy (non-hydrogen) atoms. The highest BCUT2D eigenvalue weighted by atomic mass is 79.9. The third kappa shape index (κ3) is 4.30. The number of rotatable bonds is 6. The summed E-state index contributed by atoms with van der Waals surface area (Å²) in [6, 6.07) is 15.9. The molecule has 0 N–H and O–H groups in total. The van der Waals surface area contributed by atoms with E-state index in [9.17, 15) is 9.59 Å². The Morgan fingerprint density at radius 1 is 0.800 bits per heavy atom. The summed E-state index contributed by atoms with van der Waals surface area (Å²) in [4.78, 5) is 27.2. The highest BCUT2D eigenvalue weighted by molar-refractivity contribution is 9.11. The SMILES string of the molecule is COC(=O)c1c(-c2cc(Br)c(OC)c(Br)c2)c2cc(OC)c(OC)cc2c(=O)n1-c1ccccc1. The van der Waals surface area contributed by atoms with E-state index in [0.29, 0.717) is 53.8 Å². The number of methoxy groups -OCH3 is 4. The van der Waals surface area contributed by atoms with Gasteiger partial charge < -0.3 is 18.9 Å². The molecule has 0 saturated carbocycles. The Hall–Kier alpha value is -3.30. The van der Waals surface area contributed by atoms with Crippen molar-refractivity contribution in [3.8, 4) is 34.1 Å². The highest BCUT2D eigenvalue weighted by Crippen LogP contribution is 2.43. The lowest BCUT2D eigenvalue weighted by atomic mass is 9.95. The summed E-state index contributed by atoms with van der Waals surface area (Å²) in [5.41, 5.74) is 1.32. The number of carbonyl (C=O) groups excluding carboxylic acids is 1. The quantitative estimate of drug-likeness (QED) is 0.252. The topological polar surface area (TPSA) is 76.0 Å². The summed E-state index contributed by atoms with van der Waals surface area (Å²) in [6.07, 6.45) is 0. The molecule has 0 spiro atoms. The van der Waals surface area contributed by atoms with Crippen LogP contribution >= 0.6 is 31.9 Å². The highest BCUT2D eigenvalue weighted by Gasteiger charge is 2.27. The van der Waals surface area contributed by atoms with Crippen LogP contribution in [0, 0.1) is 0 Å². The zero-order valence-electron chi connectivity index (χ0n) is 19.3. The molecule has 0 aliphatic carbocycles. The minimum atomic E-state index is -0.666. The van der Waals surface area contributed by atoms with Gasteiger partial charge in [-0.15, -0.1) is 0 Å². The molecule has 0 aliphatic rings. The lowest BCUT2D eigenvalue weighted by Crippen LogP contribution is -2.27. The Morgan fingerprint density at radius 3 is 1.89 bits per heavy atom. The molecule has 0 atom stereocenters. The average Bonchev–Trinajstić information content (AvgIpc) is 2.87. The smallest absolute Gasteiger partial charge is 0.355 e. The lowest BCUT2D eigenvalue weighted by Gasteiger charge is -2.20. The fourth-order valence-corrected chi connectivity index (χ4v) is 5.54. The monoisotopic (exact) mass is 601 g/mol. The minimum Gasteiger partial charge on any atom is -0.494 e. The fraction of sp³-hybridized carbons (Fsp3) is 0.154.